The van der Waals surface area contributed by atoms with Crippen LogP contribution in [-0.2, 0) is 7.05 Å². The summed E-state index contributed by atoms with van der Waals surface area (Å²) < 4.78 is 1.49. The summed E-state index contributed by atoms with van der Waals surface area (Å²) in [6.07, 6.45) is 1.60. The first kappa shape index (κ1) is 7.60. The van der Waals surface area contributed by atoms with Gasteiger partial charge in [0, 0.05) is 24.5 Å². The average Bonchev–Trinajstić information content (AvgIpc) is 1.96. The standard InChI is InChI=1S/C8H10N2O/c1-3-7-4-6(9)5-8(11)10(7)2/h3-5H,1,9H2,2H3. The van der Waals surface area contributed by atoms with Gasteiger partial charge in [-0.2, -0.15) is 0 Å². The Labute approximate surface area is 64.8 Å². The number of nitrogen functional groups attached to an aromatic ring is 1. The van der Waals surface area contributed by atoms with Gasteiger partial charge in [0.15, 0.2) is 0 Å². The minimum Gasteiger partial charge on any atom is -0.399 e. The summed E-state index contributed by atoms with van der Waals surface area (Å²) in [6.45, 7) is 3.56. The number of rotatable bonds is 1. The molecular weight excluding hydrogens is 140 g/mol. The van der Waals surface area contributed by atoms with E-state index < -0.39 is 0 Å². The molecule has 0 saturated heterocycles. The highest BCUT2D eigenvalue weighted by molar-refractivity contribution is 5.50. The minimum absolute atomic E-state index is 0.111. The van der Waals surface area contributed by atoms with Gasteiger partial charge in [0.1, 0.15) is 0 Å². The molecule has 1 heterocycles. The van der Waals surface area contributed by atoms with Crippen molar-refractivity contribution in [3.63, 3.8) is 0 Å². The van der Waals surface area contributed by atoms with Gasteiger partial charge in [-0.15, -0.1) is 0 Å². The summed E-state index contributed by atoms with van der Waals surface area (Å²) in [5.74, 6) is 0. The Hall–Kier alpha value is -1.51. The Kier molecular flexibility index (Phi) is 1.81. The lowest BCUT2D eigenvalue weighted by molar-refractivity contribution is 0.850. The number of anilines is 1. The normalized spacial score (nSPS) is 9.55. The molecule has 3 heteroatoms. The van der Waals surface area contributed by atoms with Gasteiger partial charge in [-0.1, -0.05) is 6.58 Å². The van der Waals surface area contributed by atoms with Crippen molar-refractivity contribution >= 4 is 11.8 Å². The number of pyridine rings is 1. The molecule has 3 nitrogen and oxygen atoms in total. The zero-order chi connectivity index (χ0) is 8.43. The van der Waals surface area contributed by atoms with E-state index >= 15 is 0 Å². The third kappa shape index (κ3) is 1.32. The highest BCUT2D eigenvalue weighted by Gasteiger charge is 1.96. The molecule has 0 atom stereocenters. The van der Waals surface area contributed by atoms with Crippen molar-refractivity contribution < 1.29 is 0 Å². The van der Waals surface area contributed by atoms with Crippen LogP contribution in [0, 0.1) is 0 Å². The monoisotopic (exact) mass is 150 g/mol. The molecule has 0 unspecified atom stereocenters. The van der Waals surface area contributed by atoms with Gasteiger partial charge in [-0.05, 0) is 12.1 Å². The fourth-order valence-corrected chi connectivity index (χ4v) is 0.872. The van der Waals surface area contributed by atoms with Crippen LogP contribution >= 0.6 is 0 Å². The molecular formula is C8H10N2O. The molecule has 1 aromatic heterocycles. The fourth-order valence-electron chi connectivity index (χ4n) is 0.872. The summed E-state index contributed by atoms with van der Waals surface area (Å²) >= 11 is 0. The van der Waals surface area contributed by atoms with Gasteiger partial charge < -0.3 is 10.3 Å². The van der Waals surface area contributed by atoms with Gasteiger partial charge in [-0.3, -0.25) is 4.79 Å². The maximum Gasteiger partial charge on any atom is 0.252 e. The second kappa shape index (κ2) is 2.62. The third-order valence-electron chi connectivity index (χ3n) is 1.53. The Bertz CT molecular complexity index is 338. The van der Waals surface area contributed by atoms with Crippen LogP contribution in [0.25, 0.3) is 6.08 Å². The summed E-state index contributed by atoms with van der Waals surface area (Å²) in [6, 6.07) is 3.08. The van der Waals surface area contributed by atoms with Crippen molar-refractivity contribution in [2.45, 2.75) is 0 Å². The van der Waals surface area contributed by atoms with Crippen molar-refractivity contribution in [1.29, 1.82) is 0 Å². The van der Waals surface area contributed by atoms with Crippen molar-refractivity contribution in [2.75, 3.05) is 5.73 Å². The van der Waals surface area contributed by atoms with Gasteiger partial charge in [0.25, 0.3) is 5.56 Å². The SMILES string of the molecule is C=Cc1cc(N)cc(=O)n1C. The van der Waals surface area contributed by atoms with Crippen LogP contribution in [0.1, 0.15) is 5.69 Å². The molecule has 0 aliphatic carbocycles. The highest BCUT2D eigenvalue weighted by atomic mass is 16.1. The Morgan fingerprint density at radius 3 is 2.82 bits per heavy atom. The maximum atomic E-state index is 11.1. The van der Waals surface area contributed by atoms with E-state index in [2.05, 4.69) is 6.58 Å². The number of aromatic nitrogens is 1. The molecule has 0 saturated carbocycles. The van der Waals surface area contributed by atoms with E-state index in [1.807, 2.05) is 0 Å². The summed E-state index contributed by atoms with van der Waals surface area (Å²) in [4.78, 5) is 11.1. The first-order valence-electron chi connectivity index (χ1n) is 3.24. The van der Waals surface area contributed by atoms with E-state index in [0.29, 0.717) is 5.69 Å². The fraction of sp³-hybridized carbons (Fsp3) is 0.125. The average molecular weight is 150 g/mol. The van der Waals surface area contributed by atoms with E-state index in [4.69, 9.17) is 5.73 Å². The molecule has 11 heavy (non-hydrogen) atoms. The smallest absolute Gasteiger partial charge is 0.252 e. The topological polar surface area (TPSA) is 48.0 Å². The Morgan fingerprint density at radius 1 is 1.64 bits per heavy atom. The second-order valence-electron chi connectivity index (χ2n) is 2.31. The molecule has 0 radical (unpaired) electrons. The second-order valence-corrected chi connectivity index (χ2v) is 2.31. The molecule has 1 rings (SSSR count). The van der Waals surface area contributed by atoms with E-state index in [0.717, 1.165) is 5.69 Å². The lowest BCUT2D eigenvalue weighted by atomic mass is 10.3. The molecule has 0 aliphatic heterocycles. The number of hydrogen-bond donors (Lipinski definition) is 1. The molecule has 0 bridgehead atoms. The molecule has 0 aliphatic rings. The molecule has 58 valence electrons. The number of nitrogens with zero attached hydrogens (tertiary/aromatic N) is 1. The summed E-state index contributed by atoms with van der Waals surface area (Å²) in [5.41, 5.74) is 6.54. The predicted octanol–water partition coefficient (Wildman–Crippen LogP) is 0.611. The lowest BCUT2D eigenvalue weighted by Gasteiger charge is -2.02. The highest BCUT2D eigenvalue weighted by Crippen LogP contribution is 2.02. The van der Waals surface area contributed by atoms with Crippen LogP contribution in [-0.4, -0.2) is 4.57 Å². The van der Waals surface area contributed by atoms with Crippen molar-refractivity contribution in [3.05, 3.63) is 34.8 Å². The van der Waals surface area contributed by atoms with Gasteiger partial charge in [0.2, 0.25) is 0 Å². The van der Waals surface area contributed by atoms with Crippen LogP contribution in [0.5, 0.6) is 0 Å². The largest absolute Gasteiger partial charge is 0.399 e. The lowest BCUT2D eigenvalue weighted by Crippen LogP contribution is -2.18. The van der Waals surface area contributed by atoms with Crippen molar-refractivity contribution in [1.82, 2.24) is 4.57 Å². The molecule has 1 aromatic rings. The van der Waals surface area contributed by atoms with Crippen LogP contribution < -0.4 is 11.3 Å². The Morgan fingerprint density at radius 2 is 2.27 bits per heavy atom. The van der Waals surface area contributed by atoms with E-state index in [9.17, 15) is 4.79 Å². The quantitative estimate of drug-likeness (QED) is 0.637. The number of hydrogen-bond acceptors (Lipinski definition) is 2. The maximum absolute atomic E-state index is 11.1. The third-order valence-corrected chi connectivity index (χ3v) is 1.53. The van der Waals surface area contributed by atoms with Crippen LogP contribution in [0.15, 0.2) is 23.5 Å². The van der Waals surface area contributed by atoms with E-state index in [1.165, 1.54) is 10.6 Å². The minimum atomic E-state index is -0.111. The molecule has 0 aromatic carbocycles. The van der Waals surface area contributed by atoms with Gasteiger partial charge >= 0.3 is 0 Å². The van der Waals surface area contributed by atoms with E-state index in [-0.39, 0.29) is 5.56 Å². The zero-order valence-electron chi connectivity index (χ0n) is 6.37. The molecule has 0 fully saturated rings. The number of nitrogens with two attached hydrogens (primary N) is 1. The van der Waals surface area contributed by atoms with Crippen LogP contribution in [0.2, 0.25) is 0 Å². The van der Waals surface area contributed by atoms with Crippen LogP contribution in [0.3, 0.4) is 0 Å². The van der Waals surface area contributed by atoms with Crippen molar-refractivity contribution in [3.8, 4) is 0 Å². The first-order chi connectivity index (χ1) is 5.15. The molecule has 2 N–H and O–H groups in total. The molecule has 0 amide bonds. The van der Waals surface area contributed by atoms with E-state index in [1.54, 1.807) is 19.2 Å². The Balaban J connectivity index is 3.48. The van der Waals surface area contributed by atoms with Gasteiger partial charge in [-0.25, -0.2) is 0 Å². The van der Waals surface area contributed by atoms with Crippen LogP contribution in [0.4, 0.5) is 5.69 Å². The van der Waals surface area contributed by atoms with Crippen molar-refractivity contribution in [2.24, 2.45) is 7.05 Å². The molecule has 0 spiro atoms. The first-order valence-corrected chi connectivity index (χ1v) is 3.24. The summed E-state index contributed by atoms with van der Waals surface area (Å²) in [5, 5.41) is 0. The zero-order valence-corrected chi connectivity index (χ0v) is 6.37. The predicted molar refractivity (Wildman–Crippen MR) is 46.2 cm³/mol. The van der Waals surface area contributed by atoms with Gasteiger partial charge in [0.05, 0.1) is 0 Å². The summed E-state index contributed by atoms with van der Waals surface area (Å²) in [7, 11) is 1.68.